The second kappa shape index (κ2) is 3.48. The summed E-state index contributed by atoms with van der Waals surface area (Å²) in [6.07, 6.45) is 0. The Kier molecular flexibility index (Phi) is 2.38. The van der Waals surface area contributed by atoms with Gasteiger partial charge in [0.25, 0.3) is 5.69 Å². The minimum absolute atomic E-state index is 0.0400. The van der Waals surface area contributed by atoms with Gasteiger partial charge < -0.3 is 5.32 Å². The van der Waals surface area contributed by atoms with Crippen molar-refractivity contribution >= 4 is 29.0 Å². The smallest absolute Gasteiger partial charge is 0.270 e. The van der Waals surface area contributed by atoms with E-state index in [1.165, 1.54) is 23.9 Å². The third-order valence-electron chi connectivity index (χ3n) is 2.34. The van der Waals surface area contributed by atoms with Gasteiger partial charge in [0.2, 0.25) is 5.91 Å². The lowest BCUT2D eigenvalue weighted by molar-refractivity contribution is -0.385. The van der Waals surface area contributed by atoms with Crippen LogP contribution in [0.2, 0.25) is 0 Å². The summed E-state index contributed by atoms with van der Waals surface area (Å²) in [7, 11) is 0. The van der Waals surface area contributed by atoms with E-state index >= 15 is 0 Å². The lowest BCUT2D eigenvalue weighted by Gasteiger charge is -2.29. The van der Waals surface area contributed by atoms with Crippen LogP contribution in [0.25, 0.3) is 0 Å². The maximum absolute atomic E-state index is 11.6. The van der Waals surface area contributed by atoms with Gasteiger partial charge in [0.1, 0.15) is 0 Å². The molecule has 0 aliphatic carbocycles. The van der Waals surface area contributed by atoms with E-state index in [1.54, 1.807) is 19.9 Å². The Balaban J connectivity index is 2.45. The van der Waals surface area contributed by atoms with Gasteiger partial charge in [-0.15, -0.1) is 11.8 Å². The number of amides is 1. The number of hydrogen-bond donors (Lipinski definition) is 1. The molecule has 0 bridgehead atoms. The molecule has 0 radical (unpaired) electrons. The summed E-state index contributed by atoms with van der Waals surface area (Å²) in [4.78, 5) is 22.5. The zero-order valence-corrected chi connectivity index (χ0v) is 9.63. The lowest BCUT2D eigenvalue weighted by atomic mass is 10.1. The van der Waals surface area contributed by atoms with Crippen LogP contribution in [0, 0.1) is 10.1 Å². The number of rotatable bonds is 1. The summed E-state index contributed by atoms with van der Waals surface area (Å²) in [6.45, 7) is 3.57. The topological polar surface area (TPSA) is 72.2 Å². The van der Waals surface area contributed by atoms with Gasteiger partial charge in [-0.1, -0.05) is 0 Å². The number of nitrogens with zero attached hydrogens (tertiary/aromatic N) is 1. The fourth-order valence-corrected chi connectivity index (χ4v) is 2.51. The molecule has 2 rings (SSSR count). The minimum atomic E-state index is -0.595. The minimum Gasteiger partial charge on any atom is -0.324 e. The van der Waals surface area contributed by atoms with Crippen LogP contribution in [0.4, 0.5) is 11.4 Å². The average Bonchev–Trinajstić information content (AvgIpc) is 2.18. The molecule has 1 heterocycles. The van der Waals surface area contributed by atoms with Gasteiger partial charge in [0.15, 0.2) is 0 Å². The highest BCUT2D eigenvalue weighted by Crippen LogP contribution is 2.43. The SMILES string of the molecule is CC1(C)Sc2cc([N+](=O)[O-])ccc2NC1=O. The first kappa shape index (κ1) is 10.9. The van der Waals surface area contributed by atoms with Gasteiger partial charge in [0, 0.05) is 17.0 Å². The highest BCUT2D eigenvalue weighted by Gasteiger charge is 2.35. The average molecular weight is 238 g/mol. The molecular formula is C10H10N2O3S. The number of thioether (sulfide) groups is 1. The maximum atomic E-state index is 11.6. The number of anilines is 1. The molecule has 0 aromatic heterocycles. The van der Waals surface area contributed by atoms with Crippen molar-refractivity contribution in [1.29, 1.82) is 0 Å². The maximum Gasteiger partial charge on any atom is 0.270 e. The predicted octanol–water partition coefficient (Wildman–Crippen LogP) is 2.42. The van der Waals surface area contributed by atoms with Crippen LogP contribution in [0.5, 0.6) is 0 Å². The summed E-state index contributed by atoms with van der Waals surface area (Å²) in [5.74, 6) is -0.0844. The van der Waals surface area contributed by atoms with E-state index in [1.807, 2.05) is 0 Å². The first-order chi connectivity index (χ1) is 7.40. The Morgan fingerprint density at radius 3 is 2.75 bits per heavy atom. The summed E-state index contributed by atoms with van der Waals surface area (Å²) in [5, 5.41) is 13.4. The van der Waals surface area contributed by atoms with Crippen molar-refractivity contribution < 1.29 is 9.72 Å². The normalized spacial score (nSPS) is 17.5. The van der Waals surface area contributed by atoms with Crippen LogP contribution in [0.1, 0.15) is 13.8 Å². The molecule has 1 amide bonds. The molecule has 1 aromatic carbocycles. The summed E-state index contributed by atoms with van der Waals surface area (Å²) >= 11 is 1.34. The van der Waals surface area contributed by atoms with Crippen LogP contribution in [0.15, 0.2) is 23.1 Å². The number of benzene rings is 1. The molecule has 0 saturated heterocycles. The molecule has 0 unspecified atom stereocenters. The number of non-ortho nitro benzene ring substituents is 1. The van der Waals surface area contributed by atoms with Crippen LogP contribution >= 0.6 is 11.8 Å². The van der Waals surface area contributed by atoms with E-state index in [2.05, 4.69) is 5.32 Å². The number of nitro groups is 1. The zero-order chi connectivity index (χ0) is 11.9. The van der Waals surface area contributed by atoms with E-state index < -0.39 is 9.67 Å². The van der Waals surface area contributed by atoms with E-state index in [0.29, 0.717) is 5.69 Å². The molecule has 0 fully saturated rings. The molecule has 0 saturated carbocycles. The van der Waals surface area contributed by atoms with Crippen molar-refractivity contribution in [2.45, 2.75) is 23.5 Å². The van der Waals surface area contributed by atoms with Gasteiger partial charge in [-0.2, -0.15) is 0 Å². The van der Waals surface area contributed by atoms with Crippen molar-refractivity contribution in [3.8, 4) is 0 Å². The summed E-state index contributed by atoms with van der Waals surface area (Å²) in [5.41, 5.74) is 0.679. The Hall–Kier alpha value is -1.56. The quantitative estimate of drug-likeness (QED) is 0.602. The van der Waals surface area contributed by atoms with Crippen molar-refractivity contribution in [2.24, 2.45) is 0 Å². The number of nitro benzene ring substituents is 1. The molecule has 1 aromatic rings. The molecule has 16 heavy (non-hydrogen) atoms. The molecule has 0 spiro atoms. The Bertz CT molecular complexity index is 485. The van der Waals surface area contributed by atoms with Gasteiger partial charge >= 0.3 is 0 Å². The monoisotopic (exact) mass is 238 g/mol. The highest BCUT2D eigenvalue weighted by molar-refractivity contribution is 8.01. The van der Waals surface area contributed by atoms with Crippen LogP contribution in [0.3, 0.4) is 0 Å². The van der Waals surface area contributed by atoms with Crippen molar-refractivity contribution in [3.05, 3.63) is 28.3 Å². The van der Waals surface area contributed by atoms with Crippen LogP contribution < -0.4 is 5.32 Å². The van der Waals surface area contributed by atoms with Crippen LogP contribution in [-0.4, -0.2) is 15.6 Å². The second-order valence-corrected chi connectivity index (χ2v) is 5.67. The predicted molar refractivity (Wildman–Crippen MR) is 61.7 cm³/mol. The summed E-state index contributed by atoms with van der Waals surface area (Å²) < 4.78 is -0.595. The third kappa shape index (κ3) is 1.76. The molecule has 1 N–H and O–H groups in total. The van der Waals surface area contributed by atoms with E-state index in [9.17, 15) is 14.9 Å². The largest absolute Gasteiger partial charge is 0.324 e. The molecule has 6 heteroatoms. The Morgan fingerprint density at radius 1 is 1.44 bits per heavy atom. The van der Waals surface area contributed by atoms with Gasteiger partial charge in [-0.25, -0.2) is 0 Å². The number of fused-ring (bicyclic) bond motifs is 1. The first-order valence-electron chi connectivity index (χ1n) is 4.69. The molecule has 0 atom stereocenters. The third-order valence-corrected chi connectivity index (χ3v) is 3.59. The van der Waals surface area contributed by atoms with Gasteiger partial charge in [-0.3, -0.25) is 14.9 Å². The molecule has 84 valence electrons. The first-order valence-corrected chi connectivity index (χ1v) is 5.51. The van der Waals surface area contributed by atoms with Crippen LogP contribution in [-0.2, 0) is 4.79 Å². The van der Waals surface area contributed by atoms with Gasteiger partial charge in [-0.05, 0) is 19.9 Å². The zero-order valence-electron chi connectivity index (χ0n) is 8.81. The number of hydrogen-bond acceptors (Lipinski definition) is 4. The van der Waals surface area contributed by atoms with E-state index in [-0.39, 0.29) is 11.6 Å². The van der Waals surface area contributed by atoms with Crippen molar-refractivity contribution in [1.82, 2.24) is 0 Å². The number of carbonyl (C=O) groups excluding carboxylic acids is 1. The second-order valence-electron chi connectivity index (χ2n) is 4.00. The molecular weight excluding hydrogens is 228 g/mol. The fourth-order valence-electron chi connectivity index (χ4n) is 1.41. The number of nitrogens with one attached hydrogen (secondary N) is 1. The molecule has 1 aliphatic rings. The number of carbonyl (C=O) groups is 1. The Labute approximate surface area is 96.4 Å². The standard InChI is InChI=1S/C10H10N2O3S/c1-10(2)9(13)11-7-4-3-6(12(14)15)5-8(7)16-10/h3-5H,1-2H3,(H,11,13). The molecule has 1 aliphatic heterocycles. The summed E-state index contributed by atoms with van der Waals surface area (Å²) in [6, 6.07) is 4.44. The highest BCUT2D eigenvalue weighted by atomic mass is 32.2. The van der Waals surface area contributed by atoms with Gasteiger partial charge in [0.05, 0.1) is 15.4 Å². The van der Waals surface area contributed by atoms with E-state index in [0.717, 1.165) is 4.90 Å². The van der Waals surface area contributed by atoms with Crippen molar-refractivity contribution in [3.63, 3.8) is 0 Å². The van der Waals surface area contributed by atoms with Crippen molar-refractivity contribution in [2.75, 3.05) is 5.32 Å². The molecule has 5 nitrogen and oxygen atoms in total. The van der Waals surface area contributed by atoms with E-state index in [4.69, 9.17) is 0 Å². The lowest BCUT2D eigenvalue weighted by Crippen LogP contribution is -2.37. The fraction of sp³-hybridized carbons (Fsp3) is 0.300. The Morgan fingerprint density at radius 2 is 2.12 bits per heavy atom.